The molecule has 0 amide bonds. The molecule has 1 aliphatic heterocycles. The molecule has 0 unspecified atom stereocenters. The van der Waals surface area contributed by atoms with Crippen molar-refractivity contribution in [3.8, 4) is 0 Å². The van der Waals surface area contributed by atoms with Crippen molar-refractivity contribution < 1.29 is 0 Å². The molecule has 1 saturated carbocycles. The summed E-state index contributed by atoms with van der Waals surface area (Å²) in [6.07, 6.45) is 2.90. The Morgan fingerprint density at radius 1 is 1.08 bits per heavy atom. The van der Waals surface area contributed by atoms with Crippen LogP contribution < -0.4 is 0 Å². The molecule has 2 fully saturated rings. The second-order valence-corrected chi connectivity index (χ2v) is 4.28. The lowest BCUT2D eigenvalue weighted by molar-refractivity contribution is 0.132. The molecule has 0 aromatic heterocycles. The first kappa shape index (κ1) is 8.85. The third kappa shape index (κ3) is 2.15. The van der Waals surface area contributed by atoms with E-state index in [0.717, 1.165) is 11.8 Å². The van der Waals surface area contributed by atoms with Crippen molar-refractivity contribution in [2.24, 2.45) is 0 Å². The molecule has 0 aromatic carbocycles. The lowest BCUT2D eigenvalue weighted by Gasteiger charge is -2.34. The van der Waals surface area contributed by atoms with E-state index in [1.807, 2.05) is 0 Å². The average Bonchev–Trinajstić information content (AvgIpc) is 2.89. The topological polar surface area (TPSA) is 6.48 Å². The van der Waals surface area contributed by atoms with Gasteiger partial charge in [-0.05, 0) is 12.8 Å². The molecule has 1 saturated heterocycles. The fraction of sp³-hybridized carbons (Fsp3) is 1.00. The van der Waals surface area contributed by atoms with Crippen LogP contribution in [0.2, 0.25) is 0 Å². The lowest BCUT2D eigenvalue weighted by atomic mass is 10.3. The zero-order chi connectivity index (χ0) is 8.39. The molecule has 2 rings (SSSR count). The molecule has 0 bridgehead atoms. The molecule has 0 atom stereocenters. The first-order chi connectivity index (χ1) is 5.90. The highest BCUT2D eigenvalue weighted by molar-refractivity contribution is 7.80. The summed E-state index contributed by atoms with van der Waals surface area (Å²) in [5.41, 5.74) is 0. The Morgan fingerprint density at radius 2 is 1.75 bits per heavy atom. The predicted octanol–water partition coefficient (Wildman–Crippen LogP) is 0.696. The number of thiol groups is 1. The van der Waals surface area contributed by atoms with Crippen LogP contribution in [0.1, 0.15) is 12.8 Å². The Labute approximate surface area is 80.3 Å². The molecule has 2 aliphatic rings. The van der Waals surface area contributed by atoms with Crippen LogP contribution in [0.3, 0.4) is 0 Å². The van der Waals surface area contributed by atoms with E-state index in [2.05, 4.69) is 22.4 Å². The molecule has 3 heteroatoms. The van der Waals surface area contributed by atoms with Crippen LogP contribution in [0, 0.1) is 0 Å². The van der Waals surface area contributed by atoms with Gasteiger partial charge in [-0.2, -0.15) is 12.6 Å². The van der Waals surface area contributed by atoms with Crippen LogP contribution in [-0.4, -0.2) is 54.3 Å². The Hall–Kier alpha value is 0.270. The van der Waals surface area contributed by atoms with Gasteiger partial charge in [-0.3, -0.25) is 9.80 Å². The summed E-state index contributed by atoms with van der Waals surface area (Å²) < 4.78 is 0. The van der Waals surface area contributed by atoms with Crippen LogP contribution in [0.15, 0.2) is 0 Å². The summed E-state index contributed by atoms with van der Waals surface area (Å²) in [7, 11) is 0. The summed E-state index contributed by atoms with van der Waals surface area (Å²) in [5, 5.41) is 0. The molecule has 1 aliphatic carbocycles. The minimum Gasteiger partial charge on any atom is -0.300 e. The number of hydrogen-bond donors (Lipinski definition) is 1. The van der Waals surface area contributed by atoms with Gasteiger partial charge < -0.3 is 0 Å². The first-order valence-electron chi connectivity index (χ1n) is 4.97. The summed E-state index contributed by atoms with van der Waals surface area (Å²) in [4.78, 5) is 5.17. The first-order valence-corrected chi connectivity index (χ1v) is 5.60. The maximum Gasteiger partial charge on any atom is 0.0113 e. The number of piperazine rings is 1. The van der Waals surface area contributed by atoms with Crippen molar-refractivity contribution >= 4 is 12.6 Å². The normalized spacial score (nSPS) is 27.8. The zero-order valence-corrected chi connectivity index (χ0v) is 8.47. The van der Waals surface area contributed by atoms with E-state index in [0.29, 0.717) is 0 Å². The number of rotatable bonds is 3. The molecular weight excluding hydrogens is 168 g/mol. The highest BCUT2D eigenvalue weighted by Crippen LogP contribution is 2.27. The van der Waals surface area contributed by atoms with Crippen molar-refractivity contribution in [3.63, 3.8) is 0 Å². The van der Waals surface area contributed by atoms with E-state index >= 15 is 0 Å². The van der Waals surface area contributed by atoms with Crippen molar-refractivity contribution in [2.45, 2.75) is 18.9 Å². The zero-order valence-electron chi connectivity index (χ0n) is 7.58. The van der Waals surface area contributed by atoms with Gasteiger partial charge in [0.2, 0.25) is 0 Å². The summed E-state index contributed by atoms with van der Waals surface area (Å²) in [5.74, 6) is 1.00. The van der Waals surface area contributed by atoms with Gasteiger partial charge in [0.05, 0.1) is 0 Å². The molecule has 1 heterocycles. The Kier molecular flexibility index (Phi) is 2.94. The Balaban J connectivity index is 1.69. The van der Waals surface area contributed by atoms with E-state index in [1.54, 1.807) is 0 Å². The monoisotopic (exact) mass is 186 g/mol. The SMILES string of the molecule is SCCN1CCN(C2CC2)CC1. The molecule has 0 N–H and O–H groups in total. The fourth-order valence-corrected chi connectivity index (χ4v) is 2.22. The number of hydrogen-bond acceptors (Lipinski definition) is 3. The van der Waals surface area contributed by atoms with Crippen molar-refractivity contribution in [1.29, 1.82) is 0 Å². The maximum atomic E-state index is 4.25. The Morgan fingerprint density at radius 3 is 2.25 bits per heavy atom. The third-order valence-electron chi connectivity index (χ3n) is 2.89. The highest BCUT2D eigenvalue weighted by atomic mass is 32.1. The predicted molar refractivity (Wildman–Crippen MR) is 54.9 cm³/mol. The van der Waals surface area contributed by atoms with E-state index in [1.165, 1.54) is 45.6 Å². The van der Waals surface area contributed by atoms with E-state index in [4.69, 9.17) is 0 Å². The van der Waals surface area contributed by atoms with Gasteiger partial charge in [0.15, 0.2) is 0 Å². The van der Waals surface area contributed by atoms with Crippen LogP contribution >= 0.6 is 12.6 Å². The quantitative estimate of drug-likeness (QED) is 0.648. The maximum absolute atomic E-state index is 4.25. The smallest absolute Gasteiger partial charge is 0.0113 e. The van der Waals surface area contributed by atoms with Gasteiger partial charge in [0.1, 0.15) is 0 Å². The largest absolute Gasteiger partial charge is 0.300 e. The van der Waals surface area contributed by atoms with Gasteiger partial charge in [-0.25, -0.2) is 0 Å². The lowest BCUT2D eigenvalue weighted by Crippen LogP contribution is -2.47. The van der Waals surface area contributed by atoms with Gasteiger partial charge in [-0.1, -0.05) is 0 Å². The van der Waals surface area contributed by atoms with Gasteiger partial charge in [-0.15, -0.1) is 0 Å². The van der Waals surface area contributed by atoms with Crippen LogP contribution in [0.5, 0.6) is 0 Å². The molecule has 0 spiro atoms. The highest BCUT2D eigenvalue weighted by Gasteiger charge is 2.30. The minimum absolute atomic E-state index is 0.961. The summed E-state index contributed by atoms with van der Waals surface area (Å²) in [6, 6.07) is 0.961. The van der Waals surface area contributed by atoms with Crippen molar-refractivity contribution in [1.82, 2.24) is 9.80 Å². The van der Waals surface area contributed by atoms with Crippen molar-refractivity contribution in [2.75, 3.05) is 38.5 Å². The average molecular weight is 186 g/mol. The second kappa shape index (κ2) is 3.99. The molecule has 70 valence electrons. The summed E-state index contributed by atoms with van der Waals surface area (Å²) >= 11 is 4.25. The van der Waals surface area contributed by atoms with Crippen LogP contribution in [0.25, 0.3) is 0 Å². The molecule has 12 heavy (non-hydrogen) atoms. The van der Waals surface area contributed by atoms with E-state index in [9.17, 15) is 0 Å². The van der Waals surface area contributed by atoms with Gasteiger partial charge in [0, 0.05) is 44.5 Å². The van der Waals surface area contributed by atoms with Crippen molar-refractivity contribution in [3.05, 3.63) is 0 Å². The summed E-state index contributed by atoms with van der Waals surface area (Å²) in [6.45, 7) is 6.27. The second-order valence-electron chi connectivity index (χ2n) is 3.83. The molecule has 2 nitrogen and oxygen atoms in total. The Bertz CT molecular complexity index is 139. The van der Waals surface area contributed by atoms with Gasteiger partial charge >= 0.3 is 0 Å². The molecule has 0 radical (unpaired) electrons. The van der Waals surface area contributed by atoms with Crippen LogP contribution in [-0.2, 0) is 0 Å². The van der Waals surface area contributed by atoms with E-state index < -0.39 is 0 Å². The third-order valence-corrected chi connectivity index (χ3v) is 3.09. The van der Waals surface area contributed by atoms with Gasteiger partial charge in [0.25, 0.3) is 0 Å². The minimum atomic E-state index is 0.961. The van der Waals surface area contributed by atoms with Crippen LogP contribution in [0.4, 0.5) is 0 Å². The number of nitrogens with zero attached hydrogens (tertiary/aromatic N) is 2. The molecular formula is C9H18N2S. The molecule has 0 aromatic rings. The fourth-order valence-electron chi connectivity index (χ4n) is 1.93. The van der Waals surface area contributed by atoms with E-state index in [-0.39, 0.29) is 0 Å². The standard InChI is InChI=1S/C9H18N2S/c12-8-7-10-3-5-11(6-4-10)9-1-2-9/h9,12H,1-8H2.